The van der Waals surface area contributed by atoms with Crippen molar-refractivity contribution in [3.05, 3.63) is 72.1 Å². The van der Waals surface area contributed by atoms with Gasteiger partial charge in [-0.2, -0.15) is 13.2 Å². The van der Waals surface area contributed by atoms with Crippen LogP contribution in [0.3, 0.4) is 0 Å². The molecule has 1 atom stereocenters. The zero-order valence-electron chi connectivity index (χ0n) is 15.4. The summed E-state index contributed by atoms with van der Waals surface area (Å²) < 4.78 is 38.0. The Balaban J connectivity index is 1.74. The van der Waals surface area contributed by atoms with Crippen LogP contribution in [0.1, 0.15) is 11.1 Å². The predicted molar refractivity (Wildman–Crippen MR) is 102 cm³/mol. The Bertz CT molecular complexity index is 970. The summed E-state index contributed by atoms with van der Waals surface area (Å²) in [5.41, 5.74) is 2.10. The van der Waals surface area contributed by atoms with Gasteiger partial charge in [0.15, 0.2) is 5.82 Å². The summed E-state index contributed by atoms with van der Waals surface area (Å²) in [7, 11) is 1.60. The van der Waals surface area contributed by atoms with Crippen LogP contribution in [-0.2, 0) is 17.4 Å². The molecular formula is C21H18F3N3O2. The lowest BCUT2D eigenvalue weighted by Gasteiger charge is -2.11. The van der Waals surface area contributed by atoms with Crippen molar-refractivity contribution in [3.63, 3.8) is 0 Å². The first-order valence-electron chi connectivity index (χ1n) is 8.77. The van der Waals surface area contributed by atoms with Gasteiger partial charge in [-0.3, -0.25) is 4.79 Å². The van der Waals surface area contributed by atoms with E-state index in [2.05, 4.69) is 15.3 Å². The van der Waals surface area contributed by atoms with Crippen molar-refractivity contribution in [2.24, 2.45) is 0 Å². The zero-order chi connectivity index (χ0) is 21.0. The summed E-state index contributed by atoms with van der Waals surface area (Å²) in [5, 5.41) is 11.8. The molecule has 1 unspecified atom stereocenters. The van der Waals surface area contributed by atoms with Crippen LogP contribution in [0, 0.1) is 0 Å². The molecule has 0 spiro atoms. The Labute approximate surface area is 165 Å². The molecule has 0 aliphatic heterocycles. The maximum absolute atomic E-state index is 12.7. The number of hydrogen-bond donors (Lipinski definition) is 2. The normalized spacial score (nSPS) is 12.6. The van der Waals surface area contributed by atoms with Gasteiger partial charge in [0.1, 0.15) is 6.04 Å². The quantitative estimate of drug-likeness (QED) is 0.652. The molecule has 3 rings (SSSR count). The fourth-order valence-electron chi connectivity index (χ4n) is 2.82. The van der Waals surface area contributed by atoms with Crippen LogP contribution in [0.15, 0.2) is 60.9 Å². The van der Waals surface area contributed by atoms with Gasteiger partial charge >= 0.3 is 12.1 Å². The van der Waals surface area contributed by atoms with E-state index in [-0.39, 0.29) is 0 Å². The van der Waals surface area contributed by atoms with Gasteiger partial charge in [-0.25, -0.2) is 9.97 Å². The van der Waals surface area contributed by atoms with Crippen molar-refractivity contribution >= 4 is 5.97 Å². The molecule has 8 heteroatoms. The molecule has 0 amide bonds. The van der Waals surface area contributed by atoms with E-state index in [0.29, 0.717) is 23.4 Å². The Morgan fingerprint density at radius 1 is 0.966 bits per heavy atom. The number of nitrogens with zero attached hydrogens (tertiary/aromatic N) is 2. The molecule has 1 heterocycles. The van der Waals surface area contributed by atoms with Gasteiger partial charge in [-0.15, -0.1) is 0 Å². The maximum Gasteiger partial charge on any atom is 0.416 e. The third-order valence-electron chi connectivity index (χ3n) is 4.50. The average molecular weight is 401 g/mol. The van der Waals surface area contributed by atoms with Gasteiger partial charge in [0, 0.05) is 23.5 Å². The van der Waals surface area contributed by atoms with Crippen LogP contribution in [0.2, 0.25) is 0 Å². The number of benzene rings is 2. The largest absolute Gasteiger partial charge is 0.480 e. The molecule has 0 aliphatic carbocycles. The number of halogens is 3. The van der Waals surface area contributed by atoms with Gasteiger partial charge in [-0.05, 0) is 36.7 Å². The fourth-order valence-corrected chi connectivity index (χ4v) is 2.82. The van der Waals surface area contributed by atoms with E-state index in [4.69, 9.17) is 5.11 Å². The van der Waals surface area contributed by atoms with Crippen LogP contribution in [0.5, 0.6) is 0 Å². The van der Waals surface area contributed by atoms with Crippen LogP contribution >= 0.6 is 0 Å². The molecule has 29 heavy (non-hydrogen) atoms. The lowest BCUT2D eigenvalue weighted by Crippen LogP contribution is -2.35. The summed E-state index contributed by atoms with van der Waals surface area (Å²) in [4.78, 5) is 19.7. The van der Waals surface area contributed by atoms with E-state index in [0.717, 1.165) is 23.3 Å². The minimum Gasteiger partial charge on any atom is -0.480 e. The number of carboxylic acid groups (broad SMARTS) is 1. The number of alkyl halides is 3. The highest BCUT2D eigenvalue weighted by molar-refractivity contribution is 5.74. The third-order valence-corrected chi connectivity index (χ3v) is 4.50. The molecule has 5 nitrogen and oxygen atoms in total. The van der Waals surface area contributed by atoms with E-state index >= 15 is 0 Å². The first kappa shape index (κ1) is 20.5. The predicted octanol–water partition coefficient (Wildman–Crippen LogP) is 4.04. The second-order valence-electron chi connectivity index (χ2n) is 6.45. The summed E-state index contributed by atoms with van der Waals surface area (Å²) >= 11 is 0. The third kappa shape index (κ3) is 4.97. The Hall–Kier alpha value is -3.26. The van der Waals surface area contributed by atoms with Gasteiger partial charge in [0.2, 0.25) is 0 Å². The zero-order valence-corrected chi connectivity index (χ0v) is 15.4. The second-order valence-corrected chi connectivity index (χ2v) is 6.45. The number of hydrogen-bond acceptors (Lipinski definition) is 4. The number of aliphatic carboxylic acids is 1. The number of nitrogens with one attached hydrogen (secondary N) is 1. The Morgan fingerprint density at radius 2 is 1.52 bits per heavy atom. The standard InChI is InChI=1S/C21H18F3N3O2/c1-25-18(20(28)29)10-13-2-4-15(5-3-13)19-26-11-16(12-27-19)14-6-8-17(9-7-14)21(22,23)24/h2-9,11-12,18,25H,10H2,1H3,(H,28,29). The highest BCUT2D eigenvalue weighted by Crippen LogP contribution is 2.31. The highest BCUT2D eigenvalue weighted by Gasteiger charge is 2.30. The lowest BCUT2D eigenvalue weighted by molar-refractivity contribution is -0.139. The molecule has 0 saturated carbocycles. The molecule has 0 saturated heterocycles. The summed E-state index contributed by atoms with van der Waals surface area (Å²) in [6, 6.07) is 11.4. The molecule has 2 aromatic carbocycles. The first-order chi connectivity index (χ1) is 13.8. The summed E-state index contributed by atoms with van der Waals surface area (Å²) in [6.45, 7) is 0. The average Bonchev–Trinajstić information content (AvgIpc) is 2.72. The van der Waals surface area contributed by atoms with E-state index in [1.54, 1.807) is 31.6 Å². The van der Waals surface area contributed by atoms with Crippen LogP contribution in [0.25, 0.3) is 22.5 Å². The Morgan fingerprint density at radius 3 is 2.00 bits per heavy atom. The van der Waals surface area contributed by atoms with Gasteiger partial charge in [0.05, 0.1) is 5.56 Å². The number of carboxylic acids is 1. The lowest BCUT2D eigenvalue weighted by atomic mass is 10.0. The second kappa shape index (κ2) is 8.40. The van der Waals surface area contributed by atoms with Crippen LogP contribution < -0.4 is 5.32 Å². The molecular weight excluding hydrogens is 383 g/mol. The molecule has 2 N–H and O–H groups in total. The Kier molecular flexibility index (Phi) is 5.93. The number of rotatable bonds is 6. The van der Waals surface area contributed by atoms with Crippen LogP contribution in [0.4, 0.5) is 13.2 Å². The summed E-state index contributed by atoms with van der Waals surface area (Å²) in [5.74, 6) is -0.450. The number of carbonyl (C=O) groups is 1. The van der Waals surface area contributed by atoms with Gasteiger partial charge < -0.3 is 10.4 Å². The van der Waals surface area contributed by atoms with Crippen molar-refractivity contribution in [1.29, 1.82) is 0 Å². The molecule has 3 aromatic rings. The van der Waals surface area contributed by atoms with E-state index in [9.17, 15) is 18.0 Å². The molecule has 0 radical (unpaired) electrons. The molecule has 150 valence electrons. The summed E-state index contributed by atoms with van der Waals surface area (Å²) in [6.07, 6.45) is -0.914. The SMILES string of the molecule is CNC(Cc1ccc(-c2ncc(-c3ccc(C(F)(F)F)cc3)cn2)cc1)C(=O)O. The van der Waals surface area contributed by atoms with Crippen molar-refractivity contribution in [1.82, 2.24) is 15.3 Å². The van der Waals surface area contributed by atoms with Gasteiger partial charge in [-0.1, -0.05) is 36.4 Å². The molecule has 0 aliphatic rings. The van der Waals surface area contributed by atoms with Crippen molar-refractivity contribution in [2.75, 3.05) is 7.05 Å². The topological polar surface area (TPSA) is 75.1 Å². The molecule has 0 fully saturated rings. The van der Waals surface area contributed by atoms with E-state index in [1.807, 2.05) is 12.1 Å². The minimum atomic E-state index is -4.37. The highest BCUT2D eigenvalue weighted by atomic mass is 19.4. The molecule has 1 aromatic heterocycles. The molecule has 0 bridgehead atoms. The van der Waals surface area contributed by atoms with Gasteiger partial charge in [0.25, 0.3) is 0 Å². The minimum absolute atomic E-state index is 0.347. The smallest absolute Gasteiger partial charge is 0.416 e. The number of aromatic nitrogens is 2. The first-order valence-corrected chi connectivity index (χ1v) is 8.77. The van der Waals surface area contributed by atoms with E-state index < -0.39 is 23.8 Å². The fraction of sp³-hybridized carbons (Fsp3) is 0.190. The maximum atomic E-state index is 12.7. The van der Waals surface area contributed by atoms with Crippen molar-refractivity contribution < 1.29 is 23.1 Å². The van der Waals surface area contributed by atoms with Crippen LogP contribution in [-0.4, -0.2) is 34.1 Å². The monoisotopic (exact) mass is 401 g/mol. The van der Waals surface area contributed by atoms with Crippen molar-refractivity contribution in [2.45, 2.75) is 18.6 Å². The van der Waals surface area contributed by atoms with Crippen molar-refractivity contribution in [3.8, 4) is 22.5 Å². The number of likely N-dealkylation sites (N-methyl/N-ethyl adjacent to an activating group) is 1. The van der Waals surface area contributed by atoms with E-state index in [1.165, 1.54) is 12.1 Å².